The van der Waals surface area contributed by atoms with Gasteiger partial charge in [0.25, 0.3) is 0 Å². The number of hydrogen-bond donors (Lipinski definition) is 1. The van der Waals surface area contributed by atoms with Crippen molar-refractivity contribution in [3.63, 3.8) is 0 Å². The zero-order valence-corrected chi connectivity index (χ0v) is 4.18. The molecular formula is C5H10O. The molecule has 1 nitrogen and oxygen atoms in total. The lowest BCUT2D eigenvalue weighted by Gasteiger charge is -1.68. The zero-order valence-electron chi connectivity index (χ0n) is 4.18. The van der Waals surface area contributed by atoms with Gasteiger partial charge in [-0.25, -0.2) is 0 Å². The van der Waals surface area contributed by atoms with Crippen molar-refractivity contribution in [3.05, 3.63) is 0 Å². The zero-order chi connectivity index (χ0) is 4.73. The van der Waals surface area contributed by atoms with Crippen molar-refractivity contribution in [3.8, 4) is 0 Å². The Balaban J connectivity index is 2.31. The van der Waals surface area contributed by atoms with Crippen LogP contribution < -0.4 is 0 Å². The van der Waals surface area contributed by atoms with Crippen LogP contribution in [0.5, 0.6) is 0 Å². The van der Waals surface area contributed by atoms with Crippen LogP contribution in [0.15, 0.2) is 0 Å². The van der Waals surface area contributed by atoms with Crippen LogP contribution in [-0.4, -0.2) is 11.2 Å². The number of hydrogen-bond acceptors (Lipinski definition) is 1. The Kier molecular flexibility index (Phi) is 0.667. The minimum absolute atomic E-state index is 0.0185. The van der Waals surface area contributed by atoms with E-state index in [1.54, 1.807) is 0 Å². The highest BCUT2D eigenvalue weighted by Crippen LogP contribution is 2.37. The van der Waals surface area contributed by atoms with Crippen molar-refractivity contribution >= 4 is 0 Å². The number of aliphatic hydroxyl groups is 1. The first-order valence-corrected chi connectivity index (χ1v) is 2.41. The molecule has 0 saturated heterocycles. The second kappa shape index (κ2) is 0.969. The molecule has 1 aliphatic carbocycles. The molecule has 0 aromatic rings. The summed E-state index contributed by atoms with van der Waals surface area (Å²) >= 11 is 0. The molecule has 0 aromatic carbocycles. The minimum atomic E-state index is 0.0185. The second-order valence-corrected chi connectivity index (χ2v) is 2.21. The van der Waals surface area contributed by atoms with E-state index in [1.807, 2.05) is 0 Å². The van der Waals surface area contributed by atoms with E-state index >= 15 is 0 Å². The van der Waals surface area contributed by atoms with Crippen LogP contribution in [0.3, 0.4) is 0 Å². The molecule has 1 N–H and O–H groups in total. The summed E-state index contributed by atoms with van der Waals surface area (Å²) in [7, 11) is 0. The Morgan fingerprint density at radius 1 is 1.17 bits per heavy atom. The van der Waals surface area contributed by atoms with Gasteiger partial charge in [0.1, 0.15) is 0 Å². The van der Waals surface area contributed by atoms with Gasteiger partial charge in [-0.3, -0.25) is 0 Å². The van der Waals surface area contributed by atoms with Gasteiger partial charge in [0.15, 0.2) is 0 Å². The van der Waals surface area contributed by atoms with Gasteiger partial charge >= 0.3 is 0 Å². The molecular weight excluding hydrogens is 76.1 g/mol. The summed E-state index contributed by atoms with van der Waals surface area (Å²) in [6, 6.07) is 0. The van der Waals surface area contributed by atoms with Gasteiger partial charge in [-0.15, -0.1) is 0 Å². The molecule has 0 bridgehead atoms. The van der Waals surface area contributed by atoms with Crippen LogP contribution in [0.1, 0.15) is 13.8 Å². The first-order chi connectivity index (χ1) is 2.73. The first kappa shape index (κ1) is 4.13. The minimum Gasteiger partial charge on any atom is -0.393 e. The van der Waals surface area contributed by atoms with Crippen molar-refractivity contribution in [1.29, 1.82) is 0 Å². The lowest BCUT2D eigenvalue weighted by atomic mass is 10.4. The first-order valence-electron chi connectivity index (χ1n) is 2.41. The summed E-state index contributed by atoms with van der Waals surface area (Å²) in [5, 5.41) is 8.70. The van der Waals surface area contributed by atoms with E-state index in [0.29, 0.717) is 11.8 Å². The average Bonchev–Trinajstić information content (AvgIpc) is 1.94. The second-order valence-electron chi connectivity index (χ2n) is 2.21. The number of aliphatic hydroxyl groups excluding tert-OH is 1. The summed E-state index contributed by atoms with van der Waals surface area (Å²) in [5.74, 6) is 1.15. The van der Waals surface area contributed by atoms with Crippen molar-refractivity contribution in [2.45, 2.75) is 20.0 Å². The Hall–Kier alpha value is -0.0400. The molecule has 1 aliphatic rings. The Morgan fingerprint density at radius 3 is 1.33 bits per heavy atom. The molecule has 1 rings (SSSR count). The third-order valence-electron chi connectivity index (χ3n) is 1.77. The molecule has 0 aromatic heterocycles. The fourth-order valence-electron chi connectivity index (χ4n) is 0.636. The Bertz CT molecular complexity index is 40.7. The number of rotatable bonds is 0. The highest BCUT2D eigenvalue weighted by molar-refractivity contribution is 4.90. The molecule has 1 fully saturated rings. The molecule has 0 heterocycles. The van der Waals surface area contributed by atoms with Gasteiger partial charge in [-0.05, 0) is 11.8 Å². The molecule has 6 heavy (non-hydrogen) atoms. The molecule has 0 radical (unpaired) electrons. The van der Waals surface area contributed by atoms with Crippen LogP contribution in [0.25, 0.3) is 0 Å². The van der Waals surface area contributed by atoms with Crippen molar-refractivity contribution in [2.75, 3.05) is 0 Å². The molecule has 2 atom stereocenters. The average molecular weight is 86.1 g/mol. The standard InChI is InChI=1S/C5H10O/c1-3-4(2)5(3)6/h3-6H,1-2H3. The van der Waals surface area contributed by atoms with E-state index in [2.05, 4.69) is 13.8 Å². The molecule has 0 spiro atoms. The summed E-state index contributed by atoms with van der Waals surface area (Å²) in [4.78, 5) is 0. The fourth-order valence-corrected chi connectivity index (χ4v) is 0.636. The summed E-state index contributed by atoms with van der Waals surface area (Å²) < 4.78 is 0. The summed E-state index contributed by atoms with van der Waals surface area (Å²) in [5.41, 5.74) is 0. The molecule has 1 heteroatoms. The van der Waals surface area contributed by atoms with Crippen LogP contribution in [0, 0.1) is 11.8 Å². The Morgan fingerprint density at radius 2 is 1.33 bits per heavy atom. The summed E-state index contributed by atoms with van der Waals surface area (Å²) in [6.45, 7) is 4.13. The molecule has 1 saturated carbocycles. The normalized spacial score (nSPS) is 55.5. The smallest absolute Gasteiger partial charge is 0.0598 e. The SMILES string of the molecule is CC1C(C)C1O. The van der Waals surface area contributed by atoms with Gasteiger partial charge in [0, 0.05) is 0 Å². The van der Waals surface area contributed by atoms with Gasteiger partial charge < -0.3 is 5.11 Å². The molecule has 0 amide bonds. The molecule has 36 valence electrons. The lowest BCUT2D eigenvalue weighted by Crippen LogP contribution is -1.77. The monoisotopic (exact) mass is 86.1 g/mol. The van der Waals surface area contributed by atoms with Gasteiger partial charge in [-0.1, -0.05) is 13.8 Å². The summed E-state index contributed by atoms with van der Waals surface area (Å²) in [6.07, 6.45) is 0.0185. The van der Waals surface area contributed by atoms with E-state index < -0.39 is 0 Å². The maximum atomic E-state index is 8.70. The predicted octanol–water partition coefficient (Wildman–Crippen LogP) is 0.633. The van der Waals surface area contributed by atoms with E-state index in [1.165, 1.54) is 0 Å². The van der Waals surface area contributed by atoms with E-state index in [0.717, 1.165) is 0 Å². The van der Waals surface area contributed by atoms with Crippen LogP contribution in [0.4, 0.5) is 0 Å². The van der Waals surface area contributed by atoms with Crippen molar-refractivity contribution in [2.24, 2.45) is 11.8 Å². The maximum Gasteiger partial charge on any atom is 0.0598 e. The van der Waals surface area contributed by atoms with Gasteiger partial charge in [0.2, 0.25) is 0 Å². The van der Waals surface area contributed by atoms with Crippen molar-refractivity contribution < 1.29 is 5.11 Å². The van der Waals surface area contributed by atoms with Crippen LogP contribution >= 0.6 is 0 Å². The van der Waals surface area contributed by atoms with E-state index in [9.17, 15) is 0 Å². The van der Waals surface area contributed by atoms with Crippen molar-refractivity contribution in [1.82, 2.24) is 0 Å². The highest BCUT2D eigenvalue weighted by atomic mass is 16.3. The van der Waals surface area contributed by atoms with E-state index in [-0.39, 0.29) is 6.10 Å². The molecule has 2 unspecified atom stereocenters. The fraction of sp³-hybridized carbons (Fsp3) is 1.00. The quantitative estimate of drug-likeness (QED) is 0.458. The predicted molar refractivity (Wildman–Crippen MR) is 24.3 cm³/mol. The van der Waals surface area contributed by atoms with Gasteiger partial charge in [-0.2, -0.15) is 0 Å². The van der Waals surface area contributed by atoms with Gasteiger partial charge in [0.05, 0.1) is 6.10 Å². The Labute approximate surface area is 38.0 Å². The highest BCUT2D eigenvalue weighted by Gasteiger charge is 2.40. The lowest BCUT2D eigenvalue weighted by molar-refractivity contribution is 0.252. The van der Waals surface area contributed by atoms with Crippen LogP contribution in [0.2, 0.25) is 0 Å². The molecule has 0 aliphatic heterocycles. The third kappa shape index (κ3) is 0.350. The third-order valence-corrected chi connectivity index (χ3v) is 1.77. The van der Waals surface area contributed by atoms with Crippen LogP contribution in [-0.2, 0) is 0 Å². The largest absolute Gasteiger partial charge is 0.393 e. The van der Waals surface area contributed by atoms with E-state index in [4.69, 9.17) is 5.11 Å². The maximum absolute atomic E-state index is 8.70. The topological polar surface area (TPSA) is 20.2 Å².